The zero-order valence-corrected chi connectivity index (χ0v) is 16.1. The smallest absolute Gasteiger partial charge is 0.221 e. The van der Waals surface area contributed by atoms with Crippen LogP contribution in [0.3, 0.4) is 0 Å². The van der Waals surface area contributed by atoms with E-state index in [1.165, 1.54) is 10.7 Å². The van der Waals surface area contributed by atoms with Gasteiger partial charge in [0.1, 0.15) is 18.2 Å². The number of nitrogens with two attached hydrogens (primary N) is 1. The first-order valence-electron chi connectivity index (χ1n) is 7.65. The van der Waals surface area contributed by atoms with Gasteiger partial charge in [-0.25, -0.2) is 14.1 Å². The van der Waals surface area contributed by atoms with E-state index in [1.54, 1.807) is 30.6 Å². The number of imidazole rings is 1. The van der Waals surface area contributed by atoms with Crippen LogP contribution in [-0.4, -0.2) is 15.9 Å². The number of rotatable bonds is 5. The number of halogens is 3. The molecule has 0 bridgehead atoms. The fourth-order valence-electron chi connectivity index (χ4n) is 2.29. The second kappa shape index (κ2) is 7.88. The van der Waals surface area contributed by atoms with Gasteiger partial charge in [0.15, 0.2) is 0 Å². The van der Waals surface area contributed by atoms with Crippen LogP contribution in [0, 0.1) is 12.7 Å². The van der Waals surface area contributed by atoms with E-state index in [0.717, 1.165) is 10.2 Å². The molecule has 8 heteroatoms. The van der Waals surface area contributed by atoms with Crippen LogP contribution in [0.1, 0.15) is 16.8 Å². The molecule has 0 saturated heterocycles. The highest BCUT2D eigenvalue weighted by atomic mass is 79.9. The van der Waals surface area contributed by atoms with Crippen LogP contribution in [0.15, 0.2) is 52.2 Å². The van der Waals surface area contributed by atoms with Gasteiger partial charge in [-0.1, -0.05) is 33.6 Å². The molecule has 0 unspecified atom stereocenters. The van der Waals surface area contributed by atoms with Crippen molar-refractivity contribution in [1.29, 1.82) is 0 Å². The third-order valence-corrected chi connectivity index (χ3v) is 4.41. The van der Waals surface area contributed by atoms with Crippen LogP contribution < -0.4 is 10.5 Å². The first-order chi connectivity index (χ1) is 12.4. The molecule has 3 aromatic rings. The number of nitrogen functional groups attached to an aromatic ring is 1. The Morgan fingerprint density at radius 3 is 2.88 bits per heavy atom. The van der Waals surface area contributed by atoms with E-state index < -0.39 is 5.82 Å². The number of aromatic nitrogens is 2. The molecule has 0 amide bonds. The topological polar surface area (TPSA) is 65.4 Å². The summed E-state index contributed by atoms with van der Waals surface area (Å²) in [6.45, 7) is 1.83. The number of aryl methyl sites for hydroxylation is 1. The lowest BCUT2D eigenvalue weighted by Crippen LogP contribution is -2.02. The average molecular weight is 438 g/mol. The van der Waals surface area contributed by atoms with Crippen LogP contribution >= 0.6 is 27.5 Å². The van der Waals surface area contributed by atoms with E-state index in [9.17, 15) is 4.39 Å². The lowest BCUT2D eigenvalue weighted by Gasteiger charge is -2.11. The normalized spacial score (nSPS) is 11.2. The largest absolute Gasteiger partial charge is 0.488 e. The Morgan fingerprint density at radius 1 is 1.38 bits per heavy atom. The molecule has 0 saturated carbocycles. The molecule has 5 nitrogen and oxygen atoms in total. The van der Waals surface area contributed by atoms with E-state index in [0.29, 0.717) is 21.9 Å². The summed E-state index contributed by atoms with van der Waals surface area (Å²) < 4.78 is 22.0. The van der Waals surface area contributed by atoms with Gasteiger partial charge in [-0.3, -0.25) is 0 Å². The molecule has 26 heavy (non-hydrogen) atoms. The third-order valence-electron chi connectivity index (χ3n) is 3.56. The van der Waals surface area contributed by atoms with Crippen molar-refractivity contribution in [3.05, 3.63) is 74.7 Å². The molecule has 1 heterocycles. The lowest BCUT2D eigenvalue weighted by atomic mass is 10.2. The summed E-state index contributed by atoms with van der Waals surface area (Å²) >= 11 is 9.46. The van der Waals surface area contributed by atoms with Gasteiger partial charge in [0, 0.05) is 15.6 Å². The summed E-state index contributed by atoms with van der Waals surface area (Å²) in [6, 6.07) is 9.95. The second-order valence-corrected chi connectivity index (χ2v) is 6.82. The second-order valence-electron chi connectivity index (χ2n) is 5.50. The molecule has 3 rings (SSSR count). The maximum Gasteiger partial charge on any atom is 0.221 e. The molecule has 0 aliphatic rings. The summed E-state index contributed by atoms with van der Waals surface area (Å²) in [5.74, 6) is 0.410. The molecule has 0 fully saturated rings. The van der Waals surface area contributed by atoms with Crippen molar-refractivity contribution in [2.24, 2.45) is 5.10 Å². The van der Waals surface area contributed by atoms with Crippen molar-refractivity contribution in [2.75, 3.05) is 5.73 Å². The SMILES string of the molecule is Cc1cn(N=Cc2cc(Br)ccc2OCc2c(F)cccc2Cl)c(N)n1. The van der Waals surface area contributed by atoms with Crippen LogP contribution in [-0.2, 0) is 6.61 Å². The van der Waals surface area contributed by atoms with Crippen LogP contribution in [0.25, 0.3) is 0 Å². The molecule has 0 aliphatic carbocycles. The standard InChI is InChI=1S/C18H15BrClFN4O/c1-11-9-25(18(22)24-11)23-8-12-7-13(19)5-6-17(12)26-10-14-15(20)3-2-4-16(14)21/h2-9H,10H2,1H3,(H2,22,24). The lowest BCUT2D eigenvalue weighted by molar-refractivity contribution is 0.299. The van der Waals surface area contributed by atoms with E-state index in [-0.39, 0.29) is 12.6 Å². The van der Waals surface area contributed by atoms with Crippen molar-refractivity contribution in [3.63, 3.8) is 0 Å². The summed E-state index contributed by atoms with van der Waals surface area (Å²) in [6.07, 6.45) is 3.31. The zero-order valence-electron chi connectivity index (χ0n) is 13.8. The van der Waals surface area contributed by atoms with Gasteiger partial charge in [0.25, 0.3) is 0 Å². The van der Waals surface area contributed by atoms with E-state index >= 15 is 0 Å². The molecule has 1 aromatic heterocycles. The molecule has 0 atom stereocenters. The van der Waals surface area contributed by atoms with Gasteiger partial charge >= 0.3 is 0 Å². The maximum absolute atomic E-state index is 13.9. The van der Waals surface area contributed by atoms with Gasteiger partial charge in [-0.15, -0.1) is 0 Å². The number of hydrogen-bond donors (Lipinski definition) is 1. The number of nitrogens with zero attached hydrogens (tertiary/aromatic N) is 3. The fraction of sp³-hybridized carbons (Fsp3) is 0.111. The summed E-state index contributed by atoms with van der Waals surface area (Å²) in [7, 11) is 0. The summed E-state index contributed by atoms with van der Waals surface area (Å²) in [4.78, 5) is 4.09. The van der Waals surface area contributed by atoms with E-state index in [1.807, 2.05) is 19.1 Å². The summed E-state index contributed by atoms with van der Waals surface area (Å²) in [5.41, 5.74) is 7.54. The Bertz CT molecular complexity index is 954. The number of hydrogen-bond acceptors (Lipinski definition) is 4. The third kappa shape index (κ3) is 4.23. The summed E-state index contributed by atoms with van der Waals surface area (Å²) in [5, 5.41) is 4.61. The minimum atomic E-state index is -0.411. The molecule has 134 valence electrons. The molecule has 0 aliphatic heterocycles. The van der Waals surface area contributed by atoms with Crippen molar-refractivity contribution >= 4 is 39.7 Å². The number of benzene rings is 2. The molecule has 0 spiro atoms. The zero-order chi connectivity index (χ0) is 18.7. The maximum atomic E-state index is 13.9. The van der Waals surface area contributed by atoms with Crippen molar-refractivity contribution in [3.8, 4) is 5.75 Å². The van der Waals surface area contributed by atoms with Gasteiger partial charge in [0.05, 0.1) is 23.1 Å². The van der Waals surface area contributed by atoms with E-state index in [2.05, 4.69) is 26.0 Å². The first kappa shape index (κ1) is 18.4. The highest BCUT2D eigenvalue weighted by molar-refractivity contribution is 9.10. The van der Waals surface area contributed by atoms with Gasteiger partial charge in [-0.05, 0) is 37.3 Å². The molecular formula is C18H15BrClFN4O. The molecule has 2 N–H and O–H groups in total. The Balaban J connectivity index is 1.85. The number of ether oxygens (including phenoxy) is 1. The molecule has 0 radical (unpaired) electrons. The molecule has 2 aromatic carbocycles. The Hall–Kier alpha value is -2.38. The monoisotopic (exact) mass is 436 g/mol. The van der Waals surface area contributed by atoms with Gasteiger partial charge in [-0.2, -0.15) is 5.10 Å². The Kier molecular flexibility index (Phi) is 5.58. The first-order valence-corrected chi connectivity index (χ1v) is 8.82. The van der Waals surface area contributed by atoms with Crippen LogP contribution in [0.5, 0.6) is 5.75 Å². The minimum Gasteiger partial charge on any atom is -0.488 e. The van der Waals surface area contributed by atoms with Crippen LogP contribution in [0.4, 0.5) is 10.3 Å². The van der Waals surface area contributed by atoms with Crippen LogP contribution in [0.2, 0.25) is 5.02 Å². The van der Waals surface area contributed by atoms with Gasteiger partial charge in [0.2, 0.25) is 5.95 Å². The van der Waals surface area contributed by atoms with Crippen molar-refractivity contribution in [1.82, 2.24) is 9.66 Å². The Labute approximate surface area is 163 Å². The fourth-order valence-corrected chi connectivity index (χ4v) is 2.89. The molecular weight excluding hydrogens is 423 g/mol. The number of anilines is 1. The predicted octanol–water partition coefficient (Wildman–Crippen LogP) is 4.79. The quantitative estimate of drug-likeness (QED) is 0.584. The highest BCUT2D eigenvalue weighted by Gasteiger charge is 2.10. The Morgan fingerprint density at radius 2 is 2.19 bits per heavy atom. The predicted molar refractivity (Wildman–Crippen MR) is 104 cm³/mol. The van der Waals surface area contributed by atoms with Crippen molar-refractivity contribution < 1.29 is 9.13 Å². The van der Waals surface area contributed by atoms with Gasteiger partial charge < -0.3 is 10.5 Å². The van der Waals surface area contributed by atoms with E-state index in [4.69, 9.17) is 22.1 Å². The van der Waals surface area contributed by atoms with Crippen molar-refractivity contribution in [2.45, 2.75) is 13.5 Å². The minimum absolute atomic E-state index is 0.000299. The highest BCUT2D eigenvalue weighted by Crippen LogP contribution is 2.25. The average Bonchev–Trinajstić information content (AvgIpc) is 2.91.